The van der Waals surface area contributed by atoms with Crippen molar-refractivity contribution in [2.45, 2.75) is 6.92 Å². The molecule has 7 heteroatoms. The van der Waals surface area contributed by atoms with Crippen molar-refractivity contribution >= 4 is 79.7 Å². The first-order valence-electron chi connectivity index (χ1n) is 9.76. The van der Waals surface area contributed by atoms with Gasteiger partial charge in [0.15, 0.2) is 5.84 Å². The van der Waals surface area contributed by atoms with Gasteiger partial charge in [0.05, 0.1) is 15.6 Å². The predicted molar refractivity (Wildman–Crippen MR) is 136 cm³/mol. The molecule has 0 atom stereocenters. The number of nitrogens with zero attached hydrogens (tertiary/aromatic N) is 2. The summed E-state index contributed by atoms with van der Waals surface area (Å²) in [6, 6.07) is 20.7. The van der Waals surface area contributed by atoms with Gasteiger partial charge < -0.3 is 0 Å². The van der Waals surface area contributed by atoms with Crippen LogP contribution in [0.4, 0.5) is 5.69 Å². The van der Waals surface area contributed by atoms with E-state index < -0.39 is 0 Å². The molecule has 0 bridgehead atoms. The number of carbonyl (C=O) groups is 1. The molecule has 0 fully saturated rings. The molecule has 4 aromatic rings. The Hall–Kier alpha value is -2.63. The van der Waals surface area contributed by atoms with Gasteiger partial charge in [-0.1, -0.05) is 76.8 Å². The molecule has 5 rings (SSSR count). The maximum atomic E-state index is 13.5. The molecule has 3 aromatic carbocycles. The Labute approximate surface area is 204 Å². The molecule has 1 amide bonds. The van der Waals surface area contributed by atoms with Crippen LogP contribution in [-0.2, 0) is 4.79 Å². The Morgan fingerprint density at radius 3 is 2.44 bits per heavy atom. The molecule has 1 aliphatic rings. The molecule has 1 aromatic heterocycles. The number of thiophene rings is 1. The van der Waals surface area contributed by atoms with Crippen molar-refractivity contribution in [2.75, 3.05) is 4.90 Å². The minimum Gasteiger partial charge on any atom is -0.266 e. The quantitative estimate of drug-likeness (QED) is 0.264. The first-order valence-corrected chi connectivity index (χ1v) is 11.7. The van der Waals surface area contributed by atoms with Crippen LogP contribution < -0.4 is 4.90 Å². The monoisotopic (exact) mass is 496 g/mol. The van der Waals surface area contributed by atoms with Crippen molar-refractivity contribution < 1.29 is 4.79 Å². The Bertz CT molecular complexity index is 1440. The summed E-state index contributed by atoms with van der Waals surface area (Å²) >= 11 is 20.6. The highest BCUT2D eigenvalue weighted by molar-refractivity contribution is 7.21. The number of fused-ring (bicyclic) bond motifs is 1. The minimum absolute atomic E-state index is 0.247. The molecule has 1 aliphatic heterocycles. The van der Waals surface area contributed by atoms with E-state index >= 15 is 0 Å². The number of rotatable bonds is 3. The fourth-order valence-corrected chi connectivity index (χ4v) is 5.48. The Balaban J connectivity index is 1.69. The Morgan fingerprint density at radius 1 is 0.969 bits per heavy atom. The molecular weight excluding hydrogens is 483 g/mol. The zero-order valence-electron chi connectivity index (χ0n) is 16.8. The van der Waals surface area contributed by atoms with E-state index in [2.05, 4.69) is 0 Å². The largest absolute Gasteiger partial charge is 0.282 e. The molecule has 2 heterocycles. The van der Waals surface area contributed by atoms with Crippen LogP contribution in [-0.4, -0.2) is 11.7 Å². The van der Waals surface area contributed by atoms with Crippen LogP contribution in [0.25, 0.3) is 16.2 Å². The summed E-state index contributed by atoms with van der Waals surface area (Å²) in [5.41, 5.74) is 2.76. The summed E-state index contributed by atoms with van der Waals surface area (Å²) in [6.07, 6.45) is 1.68. The maximum absolute atomic E-state index is 13.5. The molecule has 3 nitrogen and oxygen atoms in total. The number of aliphatic imine (C=N–C) groups is 1. The van der Waals surface area contributed by atoms with Crippen molar-refractivity contribution in [3.05, 3.63) is 103 Å². The lowest BCUT2D eigenvalue weighted by Crippen LogP contribution is -2.32. The molecule has 0 spiro atoms. The lowest BCUT2D eigenvalue weighted by Gasteiger charge is -2.18. The summed E-state index contributed by atoms with van der Waals surface area (Å²) in [5.74, 6) is 0.254. The number of benzene rings is 3. The van der Waals surface area contributed by atoms with Gasteiger partial charge in [0, 0.05) is 20.1 Å². The average molecular weight is 498 g/mol. The van der Waals surface area contributed by atoms with Gasteiger partial charge in [-0.25, -0.2) is 4.99 Å². The second-order valence-electron chi connectivity index (χ2n) is 7.35. The van der Waals surface area contributed by atoms with Gasteiger partial charge >= 0.3 is 0 Å². The van der Waals surface area contributed by atoms with E-state index in [-0.39, 0.29) is 11.6 Å². The number of anilines is 1. The van der Waals surface area contributed by atoms with Crippen LogP contribution >= 0.6 is 46.1 Å². The first-order chi connectivity index (χ1) is 15.4. The highest BCUT2D eigenvalue weighted by atomic mass is 35.5. The third kappa shape index (κ3) is 3.74. The fraction of sp³-hybridized carbons (Fsp3) is 0.0400. The summed E-state index contributed by atoms with van der Waals surface area (Å²) < 4.78 is 1.03. The second kappa shape index (κ2) is 8.38. The van der Waals surface area contributed by atoms with Crippen molar-refractivity contribution in [1.82, 2.24) is 0 Å². The molecule has 0 radical (unpaired) electrons. The highest BCUT2D eigenvalue weighted by Gasteiger charge is 2.35. The van der Waals surface area contributed by atoms with Crippen molar-refractivity contribution in [3.8, 4) is 0 Å². The van der Waals surface area contributed by atoms with Crippen molar-refractivity contribution in [3.63, 3.8) is 0 Å². The molecule has 0 unspecified atom stereocenters. The van der Waals surface area contributed by atoms with E-state index in [0.717, 1.165) is 26.2 Å². The number of carbonyl (C=O) groups excluding carboxylic acids is 1. The second-order valence-corrected chi connectivity index (χ2v) is 9.62. The van der Waals surface area contributed by atoms with Crippen LogP contribution in [0, 0.1) is 6.92 Å². The lowest BCUT2D eigenvalue weighted by atomic mass is 10.1. The van der Waals surface area contributed by atoms with Gasteiger partial charge in [0.1, 0.15) is 5.70 Å². The molecule has 0 saturated heterocycles. The molecule has 158 valence electrons. The number of hydrogen-bond acceptors (Lipinski definition) is 3. The van der Waals surface area contributed by atoms with E-state index in [4.69, 9.17) is 39.8 Å². The van der Waals surface area contributed by atoms with E-state index in [1.807, 2.05) is 55.5 Å². The number of aryl methyl sites for hydroxylation is 1. The van der Waals surface area contributed by atoms with Gasteiger partial charge in [0.25, 0.3) is 5.91 Å². The minimum atomic E-state index is -0.247. The summed E-state index contributed by atoms with van der Waals surface area (Å²) in [4.78, 5) is 20.6. The molecule has 0 saturated carbocycles. The Morgan fingerprint density at radius 2 is 1.72 bits per heavy atom. The Kier molecular flexibility index (Phi) is 5.56. The van der Waals surface area contributed by atoms with Crippen LogP contribution in [0.5, 0.6) is 0 Å². The van der Waals surface area contributed by atoms with Gasteiger partial charge in [-0.3, -0.25) is 9.69 Å². The third-order valence-corrected chi connectivity index (χ3v) is 7.38. The number of hydrogen-bond donors (Lipinski definition) is 0. The zero-order chi connectivity index (χ0) is 22.4. The van der Waals surface area contributed by atoms with Crippen LogP contribution in [0.3, 0.4) is 0 Å². The van der Waals surface area contributed by atoms with E-state index in [1.54, 1.807) is 29.2 Å². The summed E-state index contributed by atoms with van der Waals surface area (Å²) in [5, 5.41) is 2.49. The summed E-state index contributed by atoms with van der Waals surface area (Å²) in [7, 11) is 0. The average Bonchev–Trinajstić information content (AvgIpc) is 3.28. The molecule has 0 N–H and O–H groups in total. The van der Waals surface area contributed by atoms with Crippen molar-refractivity contribution in [1.29, 1.82) is 0 Å². The zero-order valence-corrected chi connectivity index (χ0v) is 19.9. The molecule has 32 heavy (non-hydrogen) atoms. The van der Waals surface area contributed by atoms with Gasteiger partial charge in [-0.05, 0) is 48.9 Å². The highest BCUT2D eigenvalue weighted by Crippen LogP contribution is 2.39. The van der Waals surface area contributed by atoms with Gasteiger partial charge in [-0.15, -0.1) is 11.3 Å². The molecular formula is C25H15Cl3N2OS. The van der Waals surface area contributed by atoms with Crippen LogP contribution in [0.1, 0.15) is 16.0 Å². The van der Waals surface area contributed by atoms with E-state index in [9.17, 15) is 4.79 Å². The number of amides is 1. The topological polar surface area (TPSA) is 32.7 Å². The normalized spacial score (nSPS) is 15.1. The number of halogens is 3. The van der Waals surface area contributed by atoms with E-state index in [1.165, 1.54) is 11.3 Å². The SMILES string of the molecule is Cc1ccc(N2C(=O)/C(=C\c3ccc(Cl)cc3Cl)N=C2c2sc3ccccc3c2Cl)cc1. The van der Waals surface area contributed by atoms with Gasteiger partial charge in [0.2, 0.25) is 0 Å². The standard InChI is InChI=1S/C25H15Cl3N2OS/c1-14-6-10-17(11-7-14)30-24(23-22(28)18-4-2-3-5-21(18)32-23)29-20(25(30)31)12-15-8-9-16(26)13-19(15)27/h2-13H,1H3/b20-12+. The van der Waals surface area contributed by atoms with Crippen molar-refractivity contribution in [2.24, 2.45) is 4.99 Å². The molecule has 0 aliphatic carbocycles. The van der Waals surface area contributed by atoms with Gasteiger partial charge in [-0.2, -0.15) is 0 Å². The lowest BCUT2D eigenvalue weighted by molar-refractivity contribution is -0.113. The third-order valence-electron chi connectivity index (χ3n) is 5.15. The first kappa shape index (κ1) is 21.2. The number of amidine groups is 1. The van der Waals surface area contributed by atoms with Crippen LogP contribution in [0.2, 0.25) is 15.1 Å². The van der Waals surface area contributed by atoms with E-state index in [0.29, 0.717) is 26.5 Å². The van der Waals surface area contributed by atoms with Crippen LogP contribution in [0.15, 0.2) is 77.4 Å². The predicted octanol–water partition coefficient (Wildman–Crippen LogP) is 8.00. The smallest absolute Gasteiger partial charge is 0.266 e. The fourth-order valence-electron chi connectivity index (χ4n) is 3.53. The maximum Gasteiger partial charge on any atom is 0.282 e. The summed E-state index contributed by atoms with van der Waals surface area (Å²) in [6.45, 7) is 2.00.